The summed E-state index contributed by atoms with van der Waals surface area (Å²) in [4.78, 5) is 0. The van der Waals surface area contributed by atoms with Gasteiger partial charge in [0.1, 0.15) is 0 Å². The van der Waals surface area contributed by atoms with Crippen molar-refractivity contribution in [3.63, 3.8) is 0 Å². The molecule has 1 unspecified atom stereocenters. The Bertz CT molecular complexity index is 93.8. The second-order valence-electron chi connectivity index (χ2n) is 3.61. The number of thioether (sulfide) groups is 1. The second-order valence-corrected chi connectivity index (χ2v) is 5.29. The fourth-order valence-corrected chi connectivity index (χ4v) is 1.86. The van der Waals surface area contributed by atoms with Crippen molar-refractivity contribution in [2.45, 2.75) is 51.3 Å². The van der Waals surface area contributed by atoms with Crippen LogP contribution < -0.4 is 5.32 Å². The summed E-state index contributed by atoms with van der Waals surface area (Å²) in [6.07, 6.45) is 4.05. The number of hydrogen-bond acceptors (Lipinski definition) is 2. The number of rotatable bonds is 7. The summed E-state index contributed by atoms with van der Waals surface area (Å²) in [7, 11) is 2.04. The molecule has 0 saturated heterocycles. The van der Waals surface area contributed by atoms with Gasteiger partial charge in [-0.25, -0.2) is 0 Å². The Morgan fingerprint density at radius 3 is 2.33 bits per heavy atom. The molecule has 1 atom stereocenters. The Labute approximate surface area is 81.7 Å². The molecule has 0 spiro atoms. The van der Waals surface area contributed by atoms with Crippen LogP contribution >= 0.6 is 11.8 Å². The quantitative estimate of drug-likeness (QED) is 0.618. The van der Waals surface area contributed by atoms with Gasteiger partial charge in [-0.15, -0.1) is 0 Å². The van der Waals surface area contributed by atoms with Crippen LogP contribution in [-0.2, 0) is 0 Å². The van der Waals surface area contributed by atoms with E-state index in [0.717, 1.165) is 5.25 Å². The summed E-state index contributed by atoms with van der Waals surface area (Å²) < 4.78 is 0. The van der Waals surface area contributed by atoms with E-state index in [0.29, 0.717) is 6.04 Å². The Morgan fingerprint density at radius 1 is 1.17 bits per heavy atom. The van der Waals surface area contributed by atoms with Crippen molar-refractivity contribution in [3.8, 4) is 0 Å². The van der Waals surface area contributed by atoms with E-state index in [9.17, 15) is 0 Å². The van der Waals surface area contributed by atoms with Crippen LogP contribution in [-0.4, -0.2) is 24.1 Å². The molecule has 0 rings (SSSR count). The van der Waals surface area contributed by atoms with Gasteiger partial charge in [-0.1, -0.05) is 20.3 Å². The van der Waals surface area contributed by atoms with E-state index < -0.39 is 0 Å². The molecule has 0 aromatic rings. The van der Waals surface area contributed by atoms with Crippen LogP contribution in [0, 0.1) is 0 Å². The van der Waals surface area contributed by atoms with Crippen molar-refractivity contribution >= 4 is 11.8 Å². The number of nitrogens with one attached hydrogen (secondary N) is 1. The maximum Gasteiger partial charge on any atom is 0.00357 e. The van der Waals surface area contributed by atoms with Gasteiger partial charge in [0.15, 0.2) is 0 Å². The first-order valence-electron chi connectivity index (χ1n) is 4.95. The molecule has 0 aromatic carbocycles. The minimum absolute atomic E-state index is 0.689. The molecule has 0 aromatic heterocycles. The lowest BCUT2D eigenvalue weighted by atomic mass is 10.1. The van der Waals surface area contributed by atoms with E-state index in [1.165, 1.54) is 25.0 Å². The Hall–Kier alpha value is 0.310. The van der Waals surface area contributed by atoms with Gasteiger partial charge in [-0.2, -0.15) is 11.8 Å². The molecule has 0 aliphatic rings. The van der Waals surface area contributed by atoms with E-state index in [4.69, 9.17) is 0 Å². The Morgan fingerprint density at radius 2 is 1.83 bits per heavy atom. The smallest absolute Gasteiger partial charge is 0.00357 e. The monoisotopic (exact) mass is 189 g/mol. The highest BCUT2D eigenvalue weighted by Gasteiger charge is 1.98. The first-order chi connectivity index (χ1) is 5.66. The zero-order valence-corrected chi connectivity index (χ0v) is 9.71. The SMILES string of the molecule is CNC(C)CCCCSC(C)C. The zero-order chi connectivity index (χ0) is 9.40. The highest BCUT2D eigenvalue weighted by molar-refractivity contribution is 7.99. The molecule has 0 bridgehead atoms. The van der Waals surface area contributed by atoms with Crippen LogP contribution in [0.3, 0.4) is 0 Å². The van der Waals surface area contributed by atoms with Crippen molar-refractivity contribution in [2.24, 2.45) is 0 Å². The lowest BCUT2D eigenvalue weighted by molar-refractivity contribution is 0.538. The van der Waals surface area contributed by atoms with E-state index >= 15 is 0 Å². The summed E-state index contributed by atoms with van der Waals surface area (Å²) in [5, 5.41) is 4.06. The van der Waals surface area contributed by atoms with Gasteiger partial charge in [-0.05, 0) is 37.8 Å². The van der Waals surface area contributed by atoms with Crippen molar-refractivity contribution in [1.29, 1.82) is 0 Å². The number of unbranched alkanes of at least 4 members (excludes halogenated alkanes) is 1. The van der Waals surface area contributed by atoms with Gasteiger partial charge >= 0.3 is 0 Å². The molecule has 0 radical (unpaired) electrons. The first-order valence-corrected chi connectivity index (χ1v) is 6.00. The van der Waals surface area contributed by atoms with Crippen LogP contribution in [0.4, 0.5) is 0 Å². The fourth-order valence-electron chi connectivity index (χ4n) is 1.02. The summed E-state index contributed by atoms with van der Waals surface area (Å²) in [6.45, 7) is 6.78. The normalized spacial score (nSPS) is 13.8. The molecule has 0 aliphatic heterocycles. The molecule has 1 N–H and O–H groups in total. The molecule has 0 fully saturated rings. The van der Waals surface area contributed by atoms with Gasteiger partial charge < -0.3 is 5.32 Å². The lowest BCUT2D eigenvalue weighted by Crippen LogP contribution is -2.20. The third-order valence-corrected chi connectivity index (χ3v) is 3.17. The van der Waals surface area contributed by atoms with Crippen molar-refractivity contribution < 1.29 is 0 Å². The van der Waals surface area contributed by atoms with Crippen LogP contribution in [0.15, 0.2) is 0 Å². The van der Waals surface area contributed by atoms with E-state index in [-0.39, 0.29) is 0 Å². The molecule has 1 nitrogen and oxygen atoms in total. The van der Waals surface area contributed by atoms with Gasteiger partial charge in [0, 0.05) is 6.04 Å². The average molecular weight is 189 g/mol. The summed E-state index contributed by atoms with van der Waals surface area (Å²) >= 11 is 2.07. The first kappa shape index (κ1) is 12.3. The molecule has 74 valence electrons. The molecule has 0 saturated carbocycles. The van der Waals surface area contributed by atoms with Crippen molar-refractivity contribution in [2.75, 3.05) is 12.8 Å². The van der Waals surface area contributed by atoms with E-state index in [1.54, 1.807) is 0 Å². The largest absolute Gasteiger partial charge is 0.317 e. The maximum absolute atomic E-state index is 3.26. The fraction of sp³-hybridized carbons (Fsp3) is 1.00. The predicted molar refractivity (Wildman–Crippen MR) is 60.0 cm³/mol. The van der Waals surface area contributed by atoms with Gasteiger partial charge in [0.25, 0.3) is 0 Å². The molecular formula is C10H23NS. The second kappa shape index (κ2) is 7.93. The van der Waals surface area contributed by atoms with E-state index in [2.05, 4.69) is 37.8 Å². The highest BCUT2D eigenvalue weighted by atomic mass is 32.2. The summed E-state index contributed by atoms with van der Waals surface area (Å²) in [5.74, 6) is 1.33. The third kappa shape index (κ3) is 8.41. The summed E-state index contributed by atoms with van der Waals surface area (Å²) in [6, 6.07) is 0.689. The molecular weight excluding hydrogens is 166 g/mol. The number of hydrogen-bond donors (Lipinski definition) is 1. The minimum Gasteiger partial charge on any atom is -0.317 e. The molecule has 0 heterocycles. The van der Waals surface area contributed by atoms with Crippen LogP contribution in [0.2, 0.25) is 0 Å². The molecule has 0 aliphatic carbocycles. The topological polar surface area (TPSA) is 12.0 Å². The zero-order valence-electron chi connectivity index (χ0n) is 8.89. The highest BCUT2D eigenvalue weighted by Crippen LogP contribution is 2.12. The Balaban J connectivity index is 3.00. The van der Waals surface area contributed by atoms with Crippen LogP contribution in [0.5, 0.6) is 0 Å². The molecule has 12 heavy (non-hydrogen) atoms. The molecule has 2 heteroatoms. The third-order valence-electron chi connectivity index (χ3n) is 1.98. The Kier molecular flexibility index (Phi) is 8.14. The molecule has 0 amide bonds. The van der Waals surface area contributed by atoms with E-state index in [1.807, 2.05) is 7.05 Å². The summed E-state index contributed by atoms with van der Waals surface area (Å²) in [5.41, 5.74) is 0. The predicted octanol–water partition coefficient (Wildman–Crippen LogP) is 2.91. The lowest BCUT2D eigenvalue weighted by Gasteiger charge is -2.09. The van der Waals surface area contributed by atoms with Crippen LogP contribution in [0.1, 0.15) is 40.0 Å². The van der Waals surface area contributed by atoms with Crippen molar-refractivity contribution in [1.82, 2.24) is 5.32 Å². The minimum atomic E-state index is 0.689. The van der Waals surface area contributed by atoms with Crippen LogP contribution in [0.25, 0.3) is 0 Å². The standard InChI is InChI=1S/C10H23NS/c1-9(2)12-8-6-5-7-10(3)11-4/h9-11H,5-8H2,1-4H3. The van der Waals surface area contributed by atoms with Gasteiger partial charge in [0.05, 0.1) is 0 Å². The van der Waals surface area contributed by atoms with Crippen molar-refractivity contribution in [3.05, 3.63) is 0 Å². The van der Waals surface area contributed by atoms with Gasteiger partial charge in [0.2, 0.25) is 0 Å². The average Bonchev–Trinajstić information content (AvgIpc) is 2.03. The maximum atomic E-state index is 3.26. The van der Waals surface area contributed by atoms with Gasteiger partial charge in [-0.3, -0.25) is 0 Å².